The Balaban J connectivity index is 1.87. The Morgan fingerprint density at radius 1 is 1.19 bits per heavy atom. The van der Waals surface area contributed by atoms with Gasteiger partial charge in [0.05, 0.1) is 4.90 Å². The van der Waals surface area contributed by atoms with Crippen LogP contribution in [0.5, 0.6) is 0 Å². The fourth-order valence-electron chi connectivity index (χ4n) is 3.13. The zero-order chi connectivity index (χ0) is 19.9. The van der Waals surface area contributed by atoms with Crippen molar-refractivity contribution >= 4 is 21.9 Å². The average Bonchev–Trinajstić information content (AvgIpc) is 2.69. The number of sulfonamides is 1. The maximum Gasteiger partial charge on any atom is 0.240 e. The lowest BCUT2D eigenvalue weighted by molar-refractivity contribution is -0.121. The molecular formula is C18H29N5O3S. The Morgan fingerprint density at radius 2 is 1.81 bits per heavy atom. The second-order valence-corrected chi connectivity index (χ2v) is 8.45. The first-order valence-electron chi connectivity index (χ1n) is 9.08. The van der Waals surface area contributed by atoms with E-state index in [1.807, 2.05) is 0 Å². The molecule has 1 aliphatic heterocycles. The normalized spacial score (nSPS) is 16.3. The lowest BCUT2D eigenvalue weighted by Crippen LogP contribution is -2.45. The predicted molar refractivity (Wildman–Crippen MR) is 106 cm³/mol. The number of carbonyl (C=O) groups is 1. The molecular weight excluding hydrogens is 366 g/mol. The number of carbonyl (C=O) groups excluding carboxylic acids is 1. The molecule has 0 saturated carbocycles. The molecule has 0 spiro atoms. The van der Waals surface area contributed by atoms with E-state index in [0.29, 0.717) is 18.9 Å². The summed E-state index contributed by atoms with van der Waals surface area (Å²) in [6.45, 7) is 2.28. The van der Waals surface area contributed by atoms with E-state index in [0.717, 1.165) is 37.5 Å². The first-order chi connectivity index (χ1) is 12.9. The third-order valence-electron chi connectivity index (χ3n) is 4.83. The van der Waals surface area contributed by atoms with Gasteiger partial charge in [0.1, 0.15) is 0 Å². The van der Waals surface area contributed by atoms with Gasteiger partial charge in [-0.1, -0.05) is 12.1 Å². The van der Waals surface area contributed by atoms with Gasteiger partial charge in [-0.05, 0) is 43.5 Å². The Morgan fingerprint density at radius 3 is 2.33 bits per heavy atom. The van der Waals surface area contributed by atoms with Gasteiger partial charge < -0.3 is 15.5 Å². The van der Waals surface area contributed by atoms with Gasteiger partial charge in [-0.2, -0.15) is 0 Å². The Bertz CT molecular complexity index is 754. The average molecular weight is 396 g/mol. The molecule has 150 valence electrons. The van der Waals surface area contributed by atoms with Gasteiger partial charge in [-0.3, -0.25) is 9.79 Å². The standard InChI is InChI=1S/C18H29N5O3S/c1-19-17(24)12-14-8-10-23(11-9-14)18(20-2)22-13-15-4-6-16(7-5-15)27(25,26)21-3/h4-7,14,21H,8-13H2,1-3H3,(H,19,24)(H,20,22). The van der Waals surface area contributed by atoms with Crippen molar-refractivity contribution in [2.75, 3.05) is 34.2 Å². The molecule has 1 fully saturated rings. The molecule has 9 heteroatoms. The molecule has 1 saturated heterocycles. The number of rotatable bonds is 6. The minimum atomic E-state index is -3.41. The van der Waals surface area contributed by atoms with Crippen LogP contribution in [0.3, 0.4) is 0 Å². The highest BCUT2D eigenvalue weighted by atomic mass is 32.2. The highest BCUT2D eigenvalue weighted by Gasteiger charge is 2.23. The number of amides is 1. The monoisotopic (exact) mass is 395 g/mol. The highest BCUT2D eigenvalue weighted by molar-refractivity contribution is 7.89. The van der Waals surface area contributed by atoms with Crippen molar-refractivity contribution in [2.45, 2.75) is 30.7 Å². The fourth-order valence-corrected chi connectivity index (χ4v) is 3.86. The zero-order valence-corrected chi connectivity index (χ0v) is 17.0. The zero-order valence-electron chi connectivity index (χ0n) is 16.2. The molecule has 2 rings (SSSR count). The minimum absolute atomic E-state index is 0.0969. The summed E-state index contributed by atoms with van der Waals surface area (Å²) in [5.74, 6) is 1.33. The van der Waals surface area contributed by atoms with Crippen LogP contribution in [-0.4, -0.2) is 59.4 Å². The maximum absolute atomic E-state index is 11.8. The number of likely N-dealkylation sites (tertiary alicyclic amines) is 1. The number of hydrogen-bond donors (Lipinski definition) is 3. The van der Waals surface area contributed by atoms with E-state index in [1.165, 1.54) is 7.05 Å². The van der Waals surface area contributed by atoms with E-state index in [1.54, 1.807) is 38.4 Å². The van der Waals surface area contributed by atoms with Crippen molar-refractivity contribution in [3.63, 3.8) is 0 Å². The summed E-state index contributed by atoms with van der Waals surface area (Å²) in [5, 5.41) is 6.01. The van der Waals surface area contributed by atoms with Gasteiger partial charge in [-0.25, -0.2) is 13.1 Å². The molecule has 0 aliphatic carbocycles. The molecule has 1 aromatic carbocycles. The molecule has 0 atom stereocenters. The van der Waals surface area contributed by atoms with Gasteiger partial charge in [-0.15, -0.1) is 0 Å². The van der Waals surface area contributed by atoms with Gasteiger partial charge in [0.25, 0.3) is 0 Å². The summed E-state index contributed by atoms with van der Waals surface area (Å²) >= 11 is 0. The first kappa shape index (κ1) is 21.2. The van der Waals surface area contributed by atoms with Crippen LogP contribution in [0.4, 0.5) is 0 Å². The Hall–Kier alpha value is -2.13. The van der Waals surface area contributed by atoms with Crippen molar-refractivity contribution in [1.82, 2.24) is 20.3 Å². The summed E-state index contributed by atoms with van der Waals surface area (Å²) in [7, 11) is 1.40. The minimum Gasteiger partial charge on any atom is -0.359 e. The van der Waals surface area contributed by atoms with Crippen LogP contribution < -0.4 is 15.4 Å². The van der Waals surface area contributed by atoms with Crippen LogP contribution in [-0.2, 0) is 21.4 Å². The SMILES string of the molecule is CN=C(NCc1ccc(S(=O)(=O)NC)cc1)N1CCC(CC(=O)NC)CC1. The van der Waals surface area contributed by atoms with E-state index in [2.05, 4.69) is 25.2 Å². The summed E-state index contributed by atoms with van der Waals surface area (Å²) in [5.41, 5.74) is 0.973. The molecule has 1 heterocycles. The van der Waals surface area contributed by atoms with Gasteiger partial charge >= 0.3 is 0 Å². The second kappa shape index (κ2) is 9.70. The number of piperidine rings is 1. The molecule has 0 aromatic heterocycles. The molecule has 1 amide bonds. The van der Waals surface area contributed by atoms with Crippen LogP contribution in [0.25, 0.3) is 0 Å². The topological polar surface area (TPSA) is 103 Å². The molecule has 3 N–H and O–H groups in total. The quantitative estimate of drug-likeness (QED) is 0.481. The first-order valence-corrected chi connectivity index (χ1v) is 10.6. The smallest absolute Gasteiger partial charge is 0.240 e. The van der Waals surface area contributed by atoms with Crippen molar-refractivity contribution in [3.8, 4) is 0 Å². The van der Waals surface area contributed by atoms with E-state index in [4.69, 9.17) is 0 Å². The molecule has 1 aromatic rings. The summed E-state index contributed by atoms with van der Waals surface area (Å²) in [6.07, 6.45) is 2.51. The number of nitrogens with one attached hydrogen (secondary N) is 3. The maximum atomic E-state index is 11.8. The Kier molecular flexibility index (Phi) is 7.61. The number of guanidine groups is 1. The second-order valence-electron chi connectivity index (χ2n) is 6.56. The highest BCUT2D eigenvalue weighted by Crippen LogP contribution is 2.20. The van der Waals surface area contributed by atoms with E-state index < -0.39 is 10.0 Å². The third kappa shape index (κ3) is 5.93. The van der Waals surface area contributed by atoms with Gasteiger partial charge in [0.2, 0.25) is 15.9 Å². The molecule has 0 unspecified atom stereocenters. The van der Waals surface area contributed by atoms with E-state index in [9.17, 15) is 13.2 Å². The van der Waals surface area contributed by atoms with Crippen LogP contribution in [0, 0.1) is 5.92 Å². The summed E-state index contributed by atoms with van der Waals surface area (Å²) in [6, 6.07) is 6.77. The Labute approximate surface area is 161 Å². The van der Waals surface area contributed by atoms with E-state index in [-0.39, 0.29) is 10.8 Å². The lowest BCUT2D eigenvalue weighted by atomic mass is 9.93. The van der Waals surface area contributed by atoms with Crippen molar-refractivity contribution < 1.29 is 13.2 Å². The van der Waals surface area contributed by atoms with Crippen LogP contribution in [0.1, 0.15) is 24.8 Å². The number of nitrogens with zero attached hydrogens (tertiary/aromatic N) is 2. The van der Waals surface area contributed by atoms with Crippen molar-refractivity contribution in [1.29, 1.82) is 0 Å². The van der Waals surface area contributed by atoms with Crippen LogP contribution >= 0.6 is 0 Å². The van der Waals surface area contributed by atoms with Crippen LogP contribution in [0.15, 0.2) is 34.2 Å². The fraction of sp³-hybridized carbons (Fsp3) is 0.556. The van der Waals surface area contributed by atoms with Gasteiger partial charge in [0.15, 0.2) is 5.96 Å². The molecule has 27 heavy (non-hydrogen) atoms. The predicted octanol–water partition coefficient (Wildman–Crippen LogP) is 0.518. The largest absolute Gasteiger partial charge is 0.359 e. The van der Waals surface area contributed by atoms with Crippen molar-refractivity contribution in [3.05, 3.63) is 29.8 Å². The third-order valence-corrected chi connectivity index (χ3v) is 6.26. The number of benzene rings is 1. The molecule has 1 aliphatic rings. The van der Waals surface area contributed by atoms with Gasteiger partial charge in [0, 0.05) is 40.2 Å². The molecule has 0 bridgehead atoms. The summed E-state index contributed by atoms with van der Waals surface area (Å²) in [4.78, 5) is 18.3. The summed E-state index contributed by atoms with van der Waals surface area (Å²) < 4.78 is 25.8. The number of aliphatic imine (C=N–C) groups is 1. The van der Waals surface area contributed by atoms with Crippen LogP contribution in [0.2, 0.25) is 0 Å². The molecule has 8 nitrogen and oxygen atoms in total. The van der Waals surface area contributed by atoms with E-state index >= 15 is 0 Å². The molecule has 0 radical (unpaired) electrons. The lowest BCUT2D eigenvalue weighted by Gasteiger charge is -2.34. The van der Waals surface area contributed by atoms with Crippen molar-refractivity contribution in [2.24, 2.45) is 10.9 Å². The number of hydrogen-bond acceptors (Lipinski definition) is 4.